The van der Waals surface area contributed by atoms with Crippen LogP contribution in [0.1, 0.15) is 34.1 Å². The lowest BCUT2D eigenvalue weighted by molar-refractivity contribution is -0.142. The van der Waals surface area contributed by atoms with Crippen molar-refractivity contribution in [2.45, 2.75) is 43.7 Å². The summed E-state index contributed by atoms with van der Waals surface area (Å²) in [6.07, 6.45) is 0.375. The maximum Gasteiger partial charge on any atom is 0.327 e. The largest absolute Gasteiger partial charge is 0.468 e. The summed E-state index contributed by atoms with van der Waals surface area (Å²) in [4.78, 5) is 11.5. The lowest BCUT2D eigenvalue weighted by Crippen LogP contribution is -2.45. The molecule has 0 aromatic carbocycles. The van der Waals surface area contributed by atoms with Crippen LogP contribution in [0, 0.1) is 5.41 Å². The number of esters is 1. The van der Waals surface area contributed by atoms with Crippen LogP contribution in [0.15, 0.2) is 0 Å². The summed E-state index contributed by atoms with van der Waals surface area (Å²) < 4.78 is 35.9. The van der Waals surface area contributed by atoms with Crippen LogP contribution >= 0.6 is 15.9 Å². The molecule has 1 unspecified atom stereocenters. The van der Waals surface area contributed by atoms with Crippen LogP contribution in [-0.4, -0.2) is 35.6 Å². The summed E-state index contributed by atoms with van der Waals surface area (Å²) in [5, 5.41) is -1.59. The molecular formula is C10H19BrO5S. The monoisotopic (exact) mass is 330 g/mol. The molecule has 0 heterocycles. The zero-order chi connectivity index (χ0) is 14.1. The first-order chi connectivity index (χ1) is 7.31. The fourth-order valence-corrected chi connectivity index (χ4v) is 4.08. The van der Waals surface area contributed by atoms with Gasteiger partial charge in [-0.15, -0.1) is 0 Å². The van der Waals surface area contributed by atoms with Crippen LogP contribution in [0.5, 0.6) is 0 Å². The van der Waals surface area contributed by atoms with Gasteiger partial charge in [0.1, 0.15) is 0 Å². The van der Waals surface area contributed by atoms with Crippen molar-refractivity contribution >= 4 is 32.0 Å². The fraction of sp³-hybridized carbons (Fsp3) is 0.900. The highest BCUT2D eigenvalue weighted by Gasteiger charge is 2.47. The third-order valence-electron chi connectivity index (χ3n) is 2.30. The molecule has 0 amide bonds. The molecule has 0 radical (unpaired) electrons. The predicted molar refractivity (Wildman–Crippen MR) is 68.8 cm³/mol. The number of carbonyl (C=O) groups excluding carboxylic acids is 1. The Morgan fingerprint density at radius 1 is 1.35 bits per heavy atom. The summed E-state index contributed by atoms with van der Waals surface area (Å²) in [6, 6.07) is 0. The topological polar surface area (TPSA) is 80.7 Å². The van der Waals surface area contributed by atoms with Crippen LogP contribution in [0.3, 0.4) is 0 Å². The molecule has 0 bridgehead atoms. The van der Waals surface area contributed by atoms with Gasteiger partial charge in [0.2, 0.25) is 0 Å². The minimum atomic E-state index is -4.50. The van der Waals surface area contributed by atoms with Crippen molar-refractivity contribution in [1.82, 2.24) is 0 Å². The van der Waals surface area contributed by atoms with Gasteiger partial charge in [0.15, 0.2) is 5.25 Å². The molecule has 17 heavy (non-hydrogen) atoms. The molecule has 0 rings (SSSR count). The molecule has 0 aliphatic heterocycles. The summed E-state index contributed by atoms with van der Waals surface area (Å²) in [5.74, 6) is -0.950. The first-order valence-corrected chi connectivity index (χ1v) is 7.34. The van der Waals surface area contributed by atoms with E-state index in [1.54, 1.807) is 13.8 Å². The first-order valence-electron chi connectivity index (χ1n) is 5.04. The average Bonchev–Trinajstić information content (AvgIpc) is 1.95. The number of carbonyl (C=O) groups is 1. The molecule has 1 atom stereocenters. The van der Waals surface area contributed by atoms with Crippen molar-refractivity contribution in [3.8, 4) is 0 Å². The van der Waals surface area contributed by atoms with Gasteiger partial charge < -0.3 is 4.74 Å². The van der Waals surface area contributed by atoms with Crippen molar-refractivity contribution in [2.75, 3.05) is 7.11 Å². The Labute approximate surface area is 111 Å². The lowest BCUT2D eigenvalue weighted by atomic mass is 9.80. The number of hydrogen-bond acceptors (Lipinski definition) is 4. The predicted octanol–water partition coefficient (Wildman–Crippen LogP) is 2.01. The van der Waals surface area contributed by atoms with E-state index in [0.29, 0.717) is 6.42 Å². The summed E-state index contributed by atoms with van der Waals surface area (Å²) >= 11 is 3.39. The van der Waals surface area contributed by atoms with Crippen molar-refractivity contribution in [2.24, 2.45) is 5.41 Å². The van der Waals surface area contributed by atoms with E-state index in [2.05, 4.69) is 20.7 Å². The Morgan fingerprint density at radius 3 is 2.00 bits per heavy atom. The van der Waals surface area contributed by atoms with Crippen LogP contribution in [0.4, 0.5) is 0 Å². The number of hydrogen-bond donors (Lipinski definition) is 1. The normalized spacial score (nSPS) is 15.5. The van der Waals surface area contributed by atoms with E-state index in [4.69, 9.17) is 4.55 Å². The van der Waals surface area contributed by atoms with Gasteiger partial charge in [-0.2, -0.15) is 8.42 Å². The highest BCUT2D eigenvalue weighted by atomic mass is 79.9. The van der Waals surface area contributed by atoms with Gasteiger partial charge in [-0.1, -0.05) is 43.6 Å². The quantitative estimate of drug-likeness (QED) is 0.473. The van der Waals surface area contributed by atoms with Crippen LogP contribution < -0.4 is 0 Å². The molecular weight excluding hydrogens is 312 g/mol. The van der Waals surface area contributed by atoms with Gasteiger partial charge in [-0.3, -0.25) is 9.35 Å². The molecule has 0 aromatic heterocycles. The van der Waals surface area contributed by atoms with E-state index in [9.17, 15) is 13.2 Å². The van der Waals surface area contributed by atoms with E-state index in [-0.39, 0.29) is 4.32 Å². The molecule has 0 fully saturated rings. The van der Waals surface area contributed by atoms with Gasteiger partial charge >= 0.3 is 5.97 Å². The second-order valence-corrected chi connectivity index (χ2v) is 8.95. The zero-order valence-electron chi connectivity index (χ0n) is 10.7. The molecule has 7 heteroatoms. The molecule has 0 saturated carbocycles. The second-order valence-electron chi connectivity index (χ2n) is 5.30. The summed E-state index contributed by atoms with van der Waals surface area (Å²) in [7, 11) is -3.41. The highest BCUT2D eigenvalue weighted by Crippen LogP contribution is 2.38. The van der Waals surface area contributed by atoms with Crippen molar-refractivity contribution in [1.29, 1.82) is 0 Å². The molecule has 0 aliphatic rings. The molecule has 0 spiro atoms. The molecule has 0 saturated heterocycles. The Balaban J connectivity index is 5.40. The van der Waals surface area contributed by atoms with Crippen LogP contribution in [0.25, 0.3) is 0 Å². The SMILES string of the molecule is COC(=O)C(C(C)(C)CC(C)(C)Br)S(=O)(=O)O. The zero-order valence-corrected chi connectivity index (χ0v) is 13.1. The van der Waals surface area contributed by atoms with Crippen molar-refractivity contribution in [3.05, 3.63) is 0 Å². The average molecular weight is 331 g/mol. The summed E-state index contributed by atoms with van der Waals surface area (Å²) in [5.41, 5.74) is -0.951. The minimum absolute atomic E-state index is 0.354. The standard InChI is InChI=1S/C10H19BrO5S/c1-9(2,6-10(3,4)11)7(8(12)16-5)17(13,14)15/h7H,6H2,1-5H3,(H,13,14,15). The van der Waals surface area contributed by atoms with Gasteiger partial charge in [0, 0.05) is 4.32 Å². The van der Waals surface area contributed by atoms with Crippen molar-refractivity contribution < 1.29 is 22.5 Å². The smallest absolute Gasteiger partial charge is 0.327 e. The molecule has 1 N–H and O–H groups in total. The van der Waals surface area contributed by atoms with Gasteiger partial charge in [0.25, 0.3) is 10.1 Å². The van der Waals surface area contributed by atoms with Crippen LogP contribution in [0.2, 0.25) is 0 Å². The van der Waals surface area contributed by atoms with Crippen molar-refractivity contribution in [3.63, 3.8) is 0 Å². The molecule has 0 aliphatic carbocycles. The maximum atomic E-state index is 11.5. The van der Waals surface area contributed by atoms with E-state index < -0.39 is 26.8 Å². The summed E-state index contributed by atoms with van der Waals surface area (Å²) in [6.45, 7) is 6.91. The van der Waals surface area contributed by atoms with E-state index in [0.717, 1.165) is 7.11 Å². The number of halogens is 1. The Hall–Kier alpha value is -0.140. The third kappa shape index (κ3) is 5.35. The number of ether oxygens (including phenoxy) is 1. The Kier molecular flexibility index (Phi) is 5.19. The molecule has 5 nitrogen and oxygen atoms in total. The highest BCUT2D eigenvalue weighted by molar-refractivity contribution is 9.10. The maximum absolute atomic E-state index is 11.5. The first kappa shape index (κ1) is 16.9. The number of alkyl halides is 1. The minimum Gasteiger partial charge on any atom is -0.468 e. The molecule has 0 aromatic rings. The lowest BCUT2D eigenvalue weighted by Gasteiger charge is -2.34. The van der Waals surface area contributed by atoms with Crippen LogP contribution in [-0.2, 0) is 19.6 Å². The Morgan fingerprint density at radius 2 is 1.76 bits per heavy atom. The van der Waals surface area contributed by atoms with E-state index >= 15 is 0 Å². The van der Waals surface area contributed by atoms with Gasteiger partial charge in [0.05, 0.1) is 7.11 Å². The molecule has 102 valence electrons. The Bertz CT molecular complexity index is 380. The van der Waals surface area contributed by atoms with E-state index in [1.807, 2.05) is 13.8 Å². The van der Waals surface area contributed by atoms with Gasteiger partial charge in [-0.05, 0) is 11.8 Å². The van der Waals surface area contributed by atoms with E-state index in [1.165, 1.54) is 0 Å². The second kappa shape index (κ2) is 5.24. The number of methoxy groups -OCH3 is 1. The number of rotatable bonds is 5. The van der Waals surface area contributed by atoms with Gasteiger partial charge in [-0.25, -0.2) is 0 Å². The third-order valence-corrected chi connectivity index (χ3v) is 4.01. The fourth-order valence-electron chi connectivity index (χ4n) is 2.13.